The van der Waals surface area contributed by atoms with Crippen LogP contribution in [-0.2, 0) is 4.74 Å². The van der Waals surface area contributed by atoms with Crippen LogP contribution in [0.4, 0.5) is 5.13 Å². The maximum atomic E-state index is 13.2. The number of anilines is 1. The minimum absolute atomic E-state index is 0.139. The number of fused-ring (bicyclic) bond motifs is 1. The van der Waals surface area contributed by atoms with Crippen molar-refractivity contribution in [3.8, 4) is 5.75 Å². The van der Waals surface area contributed by atoms with Crippen molar-refractivity contribution in [1.82, 2.24) is 4.98 Å². The number of hydrogen-bond acceptors (Lipinski definition) is 5. The molecule has 3 aromatic rings. The van der Waals surface area contributed by atoms with Crippen molar-refractivity contribution in [3.63, 3.8) is 0 Å². The Morgan fingerprint density at radius 3 is 2.68 bits per heavy atom. The van der Waals surface area contributed by atoms with E-state index >= 15 is 0 Å². The monoisotopic (exact) mass is 356 g/mol. The van der Waals surface area contributed by atoms with Gasteiger partial charge in [0.15, 0.2) is 5.13 Å². The molecule has 130 valence electrons. The number of nitrogens with zero attached hydrogens (tertiary/aromatic N) is 2. The summed E-state index contributed by atoms with van der Waals surface area (Å²) in [6.07, 6.45) is 0. The van der Waals surface area contributed by atoms with Gasteiger partial charge in [0.1, 0.15) is 5.75 Å². The summed E-state index contributed by atoms with van der Waals surface area (Å²) in [6.45, 7) is 3.26. The Bertz CT molecular complexity index is 830. The fourth-order valence-electron chi connectivity index (χ4n) is 2.51. The Morgan fingerprint density at radius 2 is 1.92 bits per heavy atom. The maximum Gasteiger partial charge on any atom is 0.263 e. The molecule has 0 fully saturated rings. The average molecular weight is 356 g/mol. The van der Waals surface area contributed by atoms with Gasteiger partial charge in [-0.25, -0.2) is 4.98 Å². The van der Waals surface area contributed by atoms with E-state index in [9.17, 15) is 4.79 Å². The molecule has 0 spiro atoms. The van der Waals surface area contributed by atoms with E-state index in [-0.39, 0.29) is 5.91 Å². The highest BCUT2D eigenvalue weighted by Gasteiger charge is 2.23. The summed E-state index contributed by atoms with van der Waals surface area (Å²) < 4.78 is 11.8. The molecule has 5 nitrogen and oxygen atoms in total. The molecule has 1 aromatic heterocycles. The third-order valence-electron chi connectivity index (χ3n) is 3.69. The van der Waals surface area contributed by atoms with Gasteiger partial charge in [0.25, 0.3) is 5.91 Å². The molecule has 0 saturated carbocycles. The molecule has 0 aliphatic heterocycles. The summed E-state index contributed by atoms with van der Waals surface area (Å²) in [6, 6.07) is 15.1. The molecule has 25 heavy (non-hydrogen) atoms. The highest BCUT2D eigenvalue weighted by Crippen LogP contribution is 2.30. The lowest BCUT2D eigenvalue weighted by Crippen LogP contribution is -2.34. The number of aromatic nitrogens is 1. The zero-order valence-electron chi connectivity index (χ0n) is 14.3. The lowest BCUT2D eigenvalue weighted by atomic mass is 10.1. The number of amides is 1. The fourth-order valence-corrected chi connectivity index (χ4v) is 3.50. The first-order valence-electron chi connectivity index (χ1n) is 8.12. The molecular formula is C19H20N2O3S. The van der Waals surface area contributed by atoms with Crippen LogP contribution in [0, 0.1) is 0 Å². The van der Waals surface area contributed by atoms with Gasteiger partial charge in [-0.1, -0.05) is 35.6 Å². The van der Waals surface area contributed by atoms with Crippen LogP contribution in [0.25, 0.3) is 10.2 Å². The van der Waals surface area contributed by atoms with Crippen molar-refractivity contribution in [3.05, 3.63) is 54.1 Å². The van der Waals surface area contributed by atoms with Crippen LogP contribution in [0.1, 0.15) is 17.3 Å². The van der Waals surface area contributed by atoms with Gasteiger partial charge in [-0.2, -0.15) is 0 Å². The minimum atomic E-state index is -0.139. The largest absolute Gasteiger partial charge is 0.493 e. The van der Waals surface area contributed by atoms with E-state index in [2.05, 4.69) is 4.98 Å². The van der Waals surface area contributed by atoms with Gasteiger partial charge in [-0.05, 0) is 31.2 Å². The number of carbonyl (C=O) groups excluding carboxylic acids is 1. The summed E-state index contributed by atoms with van der Waals surface area (Å²) in [5.74, 6) is 0.443. The van der Waals surface area contributed by atoms with Crippen molar-refractivity contribution in [2.45, 2.75) is 6.92 Å². The Labute approximate surface area is 150 Å². The van der Waals surface area contributed by atoms with Gasteiger partial charge in [-0.3, -0.25) is 9.69 Å². The maximum absolute atomic E-state index is 13.2. The normalized spacial score (nSPS) is 10.8. The van der Waals surface area contributed by atoms with Crippen LogP contribution >= 0.6 is 11.3 Å². The van der Waals surface area contributed by atoms with Crippen molar-refractivity contribution in [2.24, 2.45) is 0 Å². The van der Waals surface area contributed by atoms with E-state index in [0.717, 1.165) is 10.2 Å². The van der Waals surface area contributed by atoms with Crippen LogP contribution in [0.15, 0.2) is 48.5 Å². The van der Waals surface area contributed by atoms with E-state index in [1.54, 1.807) is 18.1 Å². The van der Waals surface area contributed by atoms with Crippen LogP contribution in [-0.4, -0.2) is 37.8 Å². The Kier molecular flexibility index (Phi) is 5.63. The molecule has 0 aliphatic rings. The van der Waals surface area contributed by atoms with E-state index in [1.165, 1.54) is 11.3 Å². The van der Waals surface area contributed by atoms with Crippen LogP contribution in [0.5, 0.6) is 5.75 Å². The Hall–Kier alpha value is -2.44. The molecule has 2 aromatic carbocycles. The topological polar surface area (TPSA) is 51.7 Å². The summed E-state index contributed by atoms with van der Waals surface area (Å²) >= 11 is 1.50. The quantitative estimate of drug-likeness (QED) is 0.642. The molecule has 0 saturated heterocycles. The highest BCUT2D eigenvalue weighted by atomic mass is 32.1. The van der Waals surface area contributed by atoms with Crippen molar-refractivity contribution < 1.29 is 14.3 Å². The zero-order chi connectivity index (χ0) is 17.6. The summed E-state index contributed by atoms with van der Waals surface area (Å²) in [5, 5.41) is 0.662. The third-order valence-corrected chi connectivity index (χ3v) is 4.75. The van der Waals surface area contributed by atoms with Gasteiger partial charge in [0.2, 0.25) is 0 Å². The summed E-state index contributed by atoms with van der Waals surface area (Å²) in [4.78, 5) is 19.5. The lowest BCUT2D eigenvalue weighted by molar-refractivity contribution is 0.0972. The van der Waals surface area contributed by atoms with Crippen LogP contribution in [0.3, 0.4) is 0 Å². The number of hydrogen-bond donors (Lipinski definition) is 0. The Morgan fingerprint density at radius 1 is 1.16 bits per heavy atom. The van der Waals surface area contributed by atoms with Gasteiger partial charge in [-0.15, -0.1) is 0 Å². The second kappa shape index (κ2) is 8.09. The van der Waals surface area contributed by atoms with E-state index < -0.39 is 0 Å². The van der Waals surface area contributed by atoms with Crippen molar-refractivity contribution in [1.29, 1.82) is 0 Å². The number of ether oxygens (including phenoxy) is 2. The standard InChI is InChI=1S/C19H20N2O3S/c1-3-24-16-10-6-4-8-14(16)18(22)21(12-13-23-2)19-20-15-9-5-7-11-17(15)25-19/h4-11H,3,12-13H2,1-2H3. The van der Waals surface area contributed by atoms with E-state index in [1.807, 2.05) is 49.4 Å². The molecule has 1 amide bonds. The van der Waals surface area contributed by atoms with Gasteiger partial charge >= 0.3 is 0 Å². The van der Waals surface area contributed by atoms with Gasteiger partial charge < -0.3 is 9.47 Å². The first-order chi connectivity index (χ1) is 12.2. The number of para-hydroxylation sites is 2. The highest BCUT2D eigenvalue weighted by molar-refractivity contribution is 7.22. The van der Waals surface area contributed by atoms with E-state index in [0.29, 0.717) is 36.2 Å². The number of benzene rings is 2. The van der Waals surface area contributed by atoms with E-state index in [4.69, 9.17) is 9.47 Å². The van der Waals surface area contributed by atoms with Gasteiger partial charge in [0, 0.05) is 7.11 Å². The molecule has 0 radical (unpaired) electrons. The first kappa shape index (κ1) is 17.4. The smallest absolute Gasteiger partial charge is 0.263 e. The number of rotatable bonds is 7. The predicted molar refractivity (Wildman–Crippen MR) is 101 cm³/mol. The first-order valence-corrected chi connectivity index (χ1v) is 8.94. The summed E-state index contributed by atoms with van der Waals surface area (Å²) in [5.41, 5.74) is 1.41. The third kappa shape index (κ3) is 3.81. The molecule has 0 N–H and O–H groups in total. The molecule has 0 bridgehead atoms. The number of thiazole rings is 1. The zero-order valence-corrected chi connectivity index (χ0v) is 15.1. The lowest BCUT2D eigenvalue weighted by Gasteiger charge is -2.20. The minimum Gasteiger partial charge on any atom is -0.493 e. The van der Waals surface area contributed by atoms with Crippen LogP contribution in [0.2, 0.25) is 0 Å². The Balaban J connectivity index is 1.99. The second-order valence-corrected chi connectivity index (χ2v) is 6.35. The second-order valence-electron chi connectivity index (χ2n) is 5.34. The predicted octanol–water partition coefficient (Wildman–Crippen LogP) is 3.99. The molecule has 0 atom stereocenters. The molecule has 6 heteroatoms. The molecule has 1 heterocycles. The fraction of sp³-hybridized carbons (Fsp3) is 0.263. The van der Waals surface area contributed by atoms with Gasteiger partial charge in [0.05, 0.1) is 35.5 Å². The summed E-state index contributed by atoms with van der Waals surface area (Å²) in [7, 11) is 1.62. The van der Waals surface area contributed by atoms with Crippen LogP contribution < -0.4 is 9.64 Å². The van der Waals surface area contributed by atoms with Crippen molar-refractivity contribution in [2.75, 3.05) is 31.8 Å². The molecular weight excluding hydrogens is 336 g/mol. The molecule has 3 rings (SSSR count). The SMILES string of the molecule is CCOc1ccccc1C(=O)N(CCOC)c1nc2ccccc2s1. The molecule has 0 aliphatic carbocycles. The number of carbonyl (C=O) groups is 1. The molecule has 0 unspecified atom stereocenters. The van der Waals surface area contributed by atoms with Crippen molar-refractivity contribution >= 4 is 32.6 Å². The average Bonchev–Trinajstić information content (AvgIpc) is 3.06. The number of methoxy groups -OCH3 is 1.